The SMILES string of the molecule is c1ccc(-c2cccc(N(c3ccc4c(ccc5ccccc54)c3)c3cccc4c3oc3ccc5oc(-c6ccccc6)nc5c34)c2)cc1. The van der Waals surface area contributed by atoms with E-state index in [0.717, 1.165) is 61.2 Å². The van der Waals surface area contributed by atoms with Crippen LogP contribution in [0.4, 0.5) is 17.1 Å². The largest absolute Gasteiger partial charge is 0.454 e. The molecule has 0 saturated carbocycles. The van der Waals surface area contributed by atoms with Crippen molar-refractivity contribution in [3.05, 3.63) is 170 Å². The maximum absolute atomic E-state index is 6.77. The number of oxazole rings is 1. The van der Waals surface area contributed by atoms with Crippen LogP contribution in [-0.2, 0) is 0 Å². The quantitative estimate of drug-likeness (QED) is 0.178. The van der Waals surface area contributed by atoms with E-state index in [1.54, 1.807) is 0 Å². The first-order chi connectivity index (χ1) is 24.3. The molecule has 230 valence electrons. The Morgan fingerprint density at radius 3 is 1.98 bits per heavy atom. The lowest BCUT2D eigenvalue weighted by molar-refractivity contribution is 0.619. The molecule has 0 atom stereocenters. The third-order valence-electron chi connectivity index (χ3n) is 9.46. The van der Waals surface area contributed by atoms with Crippen LogP contribution < -0.4 is 4.90 Å². The summed E-state index contributed by atoms with van der Waals surface area (Å²) in [5.74, 6) is 0.594. The van der Waals surface area contributed by atoms with Crippen molar-refractivity contribution >= 4 is 71.6 Å². The second-order valence-corrected chi connectivity index (χ2v) is 12.4. The molecule has 0 N–H and O–H groups in total. The third kappa shape index (κ3) is 4.49. The fourth-order valence-corrected chi connectivity index (χ4v) is 7.16. The van der Waals surface area contributed by atoms with E-state index in [-0.39, 0.29) is 0 Å². The van der Waals surface area contributed by atoms with Crippen LogP contribution in [0.25, 0.3) is 77.2 Å². The third-order valence-corrected chi connectivity index (χ3v) is 9.46. The molecule has 0 fully saturated rings. The number of hydrogen-bond acceptors (Lipinski definition) is 4. The number of fused-ring (bicyclic) bond motifs is 8. The highest BCUT2D eigenvalue weighted by Crippen LogP contribution is 2.45. The van der Waals surface area contributed by atoms with Gasteiger partial charge in [0.25, 0.3) is 0 Å². The van der Waals surface area contributed by atoms with E-state index in [1.807, 2.05) is 42.5 Å². The molecule has 0 unspecified atom stereocenters. The van der Waals surface area contributed by atoms with Crippen LogP contribution in [0.5, 0.6) is 0 Å². The maximum atomic E-state index is 6.77. The van der Waals surface area contributed by atoms with Crippen LogP contribution in [0.3, 0.4) is 0 Å². The number of nitrogens with zero attached hydrogens (tertiary/aromatic N) is 2. The monoisotopic (exact) mass is 628 g/mol. The lowest BCUT2D eigenvalue weighted by Crippen LogP contribution is -2.10. The van der Waals surface area contributed by atoms with E-state index in [0.29, 0.717) is 5.89 Å². The molecule has 0 aliphatic rings. The predicted molar refractivity (Wildman–Crippen MR) is 202 cm³/mol. The van der Waals surface area contributed by atoms with Crippen LogP contribution in [-0.4, -0.2) is 4.98 Å². The van der Waals surface area contributed by atoms with Crippen LogP contribution >= 0.6 is 0 Å². The Labute approximate surface area is 282 Å². The Morgan fingerprint density at radius 1 is 0.429 bits per heavy atom. The molecule has 10 aromatic rings. The molecule has 0 amide bonds. The zero-order chi connectivity index (χ0) is 32.3. The highest BCUT2D eigenvalue weighted by atomic mass is 16.4. The van der Waals surface area contributed by atoms with Crippen molar-refractivity contribution in [2.45, 2.75) is 0 Å². The van der Waals surface area contributed by atoms with Crippen molar-refractivity contribution < 1.29 is 8.83 Å². The maximum Gasteiger partial charge on any atom is 0.227 e. The normalized spacial score (nSPS) is 11.7. The first-order valence-corrected chi connectivity index (χ1v) is 16.5. The Bertz CT molecular complexity index is 2830. The predicted octanol–water partition coefficient (Wildman–Crippen LogP) is 12.8. The Balaban J connectivity index is 1.21. The second kappa shape index (κ2) is 11.0. The fourth-order valence-electron chi connectivity index (χ4n) is 7.16. The summed E-state index contributed by atoms with van der Waals surface area (Å²) in [6.07, 6.45) is 0. The zero-order valence-electron chi connectivity index (χ0n) is 26.4. The molecule has 0 radical (unpaired) electrons. The van der Waals surface area contributed by atoms with E-state index in [4.69, 9.17) is 13.8 Å². The van der Waals surface area contributed by atoms with Crippen molar-refractivity contribution in [3.63, 3.8) is 0 Å². The van der Waals surface area contributed by atoms with Gasteiger partial charge in [0.15, 0.2) is 11.2 Å². The topological polar surface area (TPSA) is 42.4 Å². The number of para-hydroxylation sites is 1. The summed E-state index contributed by atoms with van der Waals surface area (Å²) in [5.41, 5.74) is 9.35. The van der Waals surface area contributed by atoms with Crippen molar-refractivity contribution in [2.24, 2.45) is 0 Å². The van der Waals surface area contributed by atoms with Gasteiger partial charge in [-0.2, -0.15) is 0 Å². The van der Waals surface area contributed by atoms with Crippen LogP contribution in [0.1, 0.15) is 0 Å². The van der Waals surface area contributed by atoms with Gasteiger partial charge in [0, 0.05) is 22.3 Å². The highest BCUT2D eigenvalue weighted by Gasteiger charge is 2.22. The molecule has 0 saturated heterocycles. The van der Waals surface area contributed by atoms with Gasteiger partial charge in [0.05, 0.1) is 11.1 Å². The summed E-state index contributed by atoms with van der Waals surface area (Å²) >= 11 is 0. The highest BCUT2D eigenvalue weighted by molar-refractivity contribution is 6.19. The minimum Gasteiger partial charge on any atom is -0.454 e. The van der Waals surface area contributed by atoms with Gasteiger partial charge < -0.3 is 13.7 Å². The van der Waals surface area contributed by atoms with Crippen molar-refractivity contribution in [2.75, 3.05) is 4.90 Å². The summed E-state index contributed by atoms with van der Waals surface area (Å²) < 4.78 is 13.0. The van der Waals surface area contributed by atoms with Gasteiger partial charge in [-0.25, -0.2) is 4.98 Å². The number of benzene rings is 8. The summed E-state index contributed by atoms with van der Waals surface area (Å²) in [6, 6.07) is 59.3. The fraction of sp³-hybridized carbons (Fsp3) is 0. The first kappa shape index (κ1) is 27.5. The van der Waals surface area contributed by atoms with Gasteiger partial charge in [-0.1, -0.05) is 115 Å². The molecule has 49 heavy (non-hydrogen) atoms. The van der Waals surface area contributed by atoms with Crippen molar-refractivity contribution in [1.82, 2.24) is 4.98 Å². The van der Waals surface area contributed by atoms with Gasteiger partial charge in [-0.05, 0) is 87.3 Å². The lowest BCUT2D eigenvalue weighted by Gasteiger charge is -2.26. The Kier molecular flexibility index (Phi) is 6.15. The molecule has 0 aliphatic carbocycles. The van der Waals surface area contributed by atoms with E-state index in [9.17, 15) is 0 Å². The molecule has 2 aromatic heterocycles. The van der Waals surface area contributed by atoms with E-state index < -0.39 is 0 Å². The van der Waals surface area contributed by atoms with Crippen LogP contribution in [0.2, 0.25) is 0 Å². The van der Waals surface area contributed by atoms with E-state index >= 15 is 0 Å². The average molecular weight is 629 g/mol. The Morgan fingerprint density at radius 2 is 1.10 bits per heavy atom. The molecule has 0 spiro atoms. The van der Waals surface area contributed by atoms with Gasteiger partial charge in [-0.3, -0.25) is 0 Å². The molecule has 4 heteroatoms. The van der Waals surface area contributed by atoms with Gasteiger partial charge in [0.1, 0.15) is 11.1 Å². The molecule has 8 aromatic carbocycles. The van der Waals surface area contributed by atoms with Crippen molar-refractivity contribution in [3.8, 4) is 22.6 Å². The summed E-state index contributed by atoms with van der Waals surface area (Å²) in [5, 5.41) is 6.82. The van der Waals surface area contributed by atoms with Crippen LogP contribution in [0.15, 0.2) is 179 Å². The summed E-state index contributed by atoms with van der Waals surface area (Å²) in [6.45, 7) is 0. The smallest absolute Gasteiger partial charge is 0.227 e. The minimum absolute atomic E-state index is 0.594. The van der Waals surface area contributed by atoms with E-state index in [1.165, 1.54) is 27.1 Å². The zero-order valence-corrected chi connectivity index (χ0v) is 26.4. The number of hydrogen-bond donors (Lipinski definition) is 0. The summed E-state index contributed by atoms with van der Waals surface area (Å²) in [7, 11) is 0. The number of furan rings is 1. The average Bonchev–Trinajstić information content (AvgIpc) is 3.78. The molecular formula is C45H28N2O2. The minimum atomic E-state index is 0.594. The molecular weight excluding hydrogens is 601 g/mol. The molecule has 4 nitrogen and oxygen atoms in total. The van der Waals surface area contributed by atoms with Gasteiger partial charge in [-0.15, -0.1) is 0 Å². The molecule has 2 heterocycles. The first-order valence-electron chi connectivity index (χ1n) is 16.5. The Hall–Kier alpha value is -6.65. The molecule has 10 rings (SSSR count). The van der Waals surface area contributed by atoms with Crippen LogP contribution in [0, 0.1) is 0 Å². The lowest BCUT2D eigenvalue weighted by atomic mass is 10.0. The van der Waals surface area contributed by atoms with E-state index in [2.05, 4.69) is 132 Å². The van der Waals surface area contributed by atoms with Crippen molar-refractivity contribution in [1.29, 1.82) is 0 Å². The van der Waals surface area contributed by atoms with Gasteiger partial charge in [0.2, 0.25) is 5.89 Å². The summed E-state index contributed by atoms with van der Waals surface area (Å²) in [4.78, 5) is 7.29. The number of rotatable bonds is 5. The number of anilines is 3. The standard InChI is InChI=1S/C45H28N2O2/c1-3-11-29(12-4-1)32-16-9-17-34(27-32)47(35-23-24-37-33(28-35)22-21-30-13-7-8-18-36(30)37)39-20-10-19-38-42-40(48-44(38)39)25-26-41-43(42)46-45(49-41)31-14-5-2-6-15-31/h1-28H. The second-order valence-electron chi connectivity index (χ2n) is 12.4. The molecule has 0 aliphatic heterocycles. The number of aromatic nitrogens is 1. The molecule has 0 bridgehead atoms. The van der Waals surface area contributed by atoms with Gasteiger partial charge >= 0.3 is 0 Å².